The minimum absolute atomic E-state index is 0.0473. The van der Waals surface area contributed by atoms with Crippen molar-refractivity contribution in [3.63, 3.8) is 0 Å². The maximum atomic E-state index is 13.6. The third kappa shape index (κ3) is 5.67. The number of hydrogen-bond donors (Lipinski definition) is 2. The van der Waals surface area contributed by atoms with E-state index in [0.29, 0.717) is 5.69 Å². The van der Waals surface area contributed by atoms with Crippen molar-refractivity contribution in [2.45, 2.75) is 17.4 Å². The van der Waals surface area contributed by atoms with Crippen LogP contribution in [0, 0.1) is 0 Å². The average Bonchev–Trinajstić information content (AvgIpc) is 2.88. The van der Waals surface area contributed by atoms with Gasteiger partial charge >= 0.3 is 6.03 Å². The third-order valence-electron chi connectivity index (χ3n) is 5.63. The molecule has 8 heteroatoms. The highest BCUT2D eigenvalue weighted by Gasteiger charge is 2.28. The normalized spacial score (nSPS) is 12.0. The van der Waals surface area contributed by atoms with Crippen LogP contribution in [0.25, 0.3) is 10.8 Å². The highest BCUT2D eigenvalue weighted by Crippen LogP contribution is 2.26. The van der Waals surface area contributed by atoms with Crippen molar-refractivity contribution < 1.29 is 18.0 Å². The zero-order valence-electron chi connectivity index (χ0n) is 19.1. The molecule has 4 aromatic carbocycles. The predicted octanol–water partition coefficient (Wildman–Crippen LogP) is 4.10. The van der Waals surface area contributed by atoms with E-state index in [1.165, 1.54) is 17.0 Å². The number of rotatable bonds is 7. The average molecular weight is 488 g/mol. The molecular weight excluding hydrogens is 462 g/mol. The van der Waals surface area contributed by atoms with Gasteiger partial charge in [-0.05, 0) is 29.1 Å². The molecule has 3 amide bonds. The highest BCUT2D eigenvalue weighted by molar-refractivity contribution is 7.90. The van der Waals surface area contributed by atoms with E-state index in [1.54, 1.807) is 25.2 Å². The van der Waals surface area contributed by atoms with Gasteiger partial charge in [0.1, 0.15) is 6.04 Å². The van der Waals surface area contributed by atoms with E-state index in [2.05, 4.69) is 5.32 Å². The summed E-state index contributed by atoms with van der Waals surface area (Å²) in [6, 6.07) is 28.2. The zero-order valence-corrected chi connectivity index (χ0v) is 19.9. The predicted molar refractivity (Wildman–Crippen MR) is 137 cm³/mol. The number of benzene rings is 4. The molecule has 0 aliphatic carbocycles. The van der Waals surface area contributed by atoms with Crippen LogP contribution >= 0.6 is 0 Å². The smallest absolute Gasteiger partial charge is 0.325 e. The maximum absolute atomic E-state index is 13.6. The van der Waals surface area contributed by atoms with Crippen LogP contribution in [0.3, 0.4) is 0 Å². The van der Waals surface area contributed by atoms with Crippen molar-refractivity contribution in [1.29, 1.82) is 0 Å². The van der Waals surface area contributed by atoms with Crippen LogP contribution in [0.2, 0.25) is 0 Å². The minimum atomic E-state index is -4.09. The Kier molecular flexibility index (Phi) is 7.12. The Balaban J connectivity index is 1.60. The van der Waals surface area contributed by atoms with Gasteiger partial charge in [0.15, 0.2) is 0 Å². The second kappa shape index (κ2) is 10.4. The summed E-state index contributed by atoms with van der Waals surface area (Å²) in [6.45, 7) is 0. The summed E-state index contributed by atoms with van der Waals surface area (Å²) in [7, 11) is -2.45. The van der Waals surface area contributed by atoms with Crippen LogP contribution in [0.4, 0.5) is 10.5 Å². The second-order valence-corrected chi connectivity index (χ2v) is 9.71. The van der Waals surface area contributed by atoms with Gasteiger partial charge in [0.2, 0.25) is 5.91 Å². The molecule has 7 nitrogen and oxygen atoms in total. The van der Waals surface area contributed by atoms with E-state index >= 15 is 0 Å². The lowest BCUT2D eigenvalue weighted by atomic mass is 10.0. The zero-order chi connectivity index (χ0) is 24.8. The monoisotopic (exact) mass is 487 g/mol. The lowest BCUT2D eigenvalue weighted by Gasteiger charge is -2.26. The summed E-state index contributed by atoms with van der Waals surface area (Å²) in [5, 5.41) is 4.43. The first kappa shape index (κ1) is 24.0. The molecular formula is C27H25N3O4S. The molecule has 4 rings (SSSR count). The number of likely N-dealkylation sites (N-methyl/N-ethyl adjacent to an activating group) is 1. The number of anilines is 1. The van der Waals surface area contributed by atoms with E-state index in [-0.39, 0.29) is 17.2 Å². The van der Waals surface area contributed by atoms with E-state index < -0.39 is 22.1 Å². The number of urea groups is 1. The molecule has 0 radical (unpaired) electrons. The number of carbonyl (C=O) groups excluding carboxylic acids is 2. The first-order valence-electron chi connectivity index (χ1n) is 11.0. The molecule has 0 heterocycles. The quantitative estimate of drug-likeness (QED) is 0.410. The fourth-order valence-electron chi connectivity index (χ4n) is 3.87. The van der Waals surface area contributed by atoms with Gasteiger partial charge in [0.05, 0.1) is 10.6 Å². The number of carbonyl (C=O) groups is 2. The largest absolute Gasteiger partial charge is 0.329 e. The molecule has 35 heavy (non-hydrogen) atoms. The molecule has 0 saturated heterocycles. The van der Waals surface area contributed by atoms with Gasteiger partial charge in [-0.3, -0.25) is 4.79 Å². The topological polar surface area (TPSA) is 95.6 Å². The lowest BCUT2D eigenvalue weighted by Crippen LogP contribution is -2.52. The van der Waals surface area contributed by atoms with Gasteiger partial charge in [0.25, 0.3) is 10.0 Å². The number of nitrogens with zero attached hydrogens (tertiary/aromatic N) is 1. The molecule has 0 aromatic heterocycles. The molecule has 0 aliphatic rings. The van der Waals surface area contributed by atoms with Gasteiger partial charge in [0, 0.05) is 18.9 Å². The van der Waals surface area contributed by atoms with Crippen molar-refractivity contribution >= 4 is 38.4 Å². The Bertz CT molecular complexity index is 1440. The van der Waals surface area contributed by atoms with Crippen LogP contribution in [0.1, 0.15) is 5.56 Å². The molecule has 0 bridgehead atoms. The lowest BCUT2D eigenvalue weighted by molar-refractivity contribution is -0.120. The molecule has 0 saturated carbocycles. The van der Waals surface area contributed by atoms with Crippen LogP contribution in [-0.2, 0) is 21.2 Å². The van der Waals surface area contributed by atoms with Gasteiger partial charge in [-0.25, -0.2) is 17.9 Å². The molecule has 178 valence electrons. The summed E-state index contributed by atoms with van der Waals surface area (Å²) >= 11 is 0. The van der Waals surface area contributed by atoms with E-state index in [1.807, 2.05) is 77.5 Å². The van der Waals surface area contributed by atoms with Crippen molar-refractivity contribution in [3.05, 3.63) is 109 Å². The minimum Gasteiger partial charge on any atom is -0.325 e. The summed E-state index contributed by atoms with van der Waals surface area (Å²) in [4.78, 5) is 27.8. The highest BCUT2D eigenvalue weighted by atomic mass is 32.2. The standard InChI is InChI=1S/C27H25N3O4S/c1-30(25-18-10-14-21-13-8-9-17-23(21)25)26(31)24(19-20-11-4-2-5-12-20)28-27(32)29-35(33,34)22-15-6-3-7-16-22/h2-18,24H,19H2,1H3,(H2,28,29,32)/t24-/m0/s1. The van der Waals surface area contributed by atoms with Crippen molar-refractivity contribution in [1.82, 2.24) is 10.0 Å². The number of hydrogen-bond acceptors (Lipinski definition) is 4. The molecule has 4 aromatic rings. The fourth-order valence-corrected chi connectivity index (χ4v) is 4.81. The molecule has 2 N–H and O–H groups in total. The molecule has 0 unspecified atom stereocenters. The Labute approximate surface area is 204 Å². The van der Waals surface area contributed by atoms with Crippen molar-refractivity contribution in [3.8, 4) is 0 Å². The first-order chi connectivity index (χ1) is 16.8. The Morgan fingerprint density at radius 3 is 2.11 bits per heavy atom. The SMILES string of the molecule is CN(C(=O)[C@H](Cc1ccccc1)NC(=O)NS(=O)(=O)c1ccccc1)c1cccc2ccccc12. The van der Waals surface area contributed by atoms with E-state index in [9.17, 15) is 18.0 Å². The molecule has 0 aliphatic heterocycles. The second-order valence-electron chi connectivity index (χ2n) is 8.03. The van der Waals surface area contributed by atoms with Gasteiger partial charge in [-0.1, -0.05) is 84.9 Å². The first-order valence-corrected chi connectivity index (χ1v) is 12.5. The summed E-state index contributed by atoms with van der Waals surface area (Å²) in [5.74, 6) is -0.377. The van der Waals surface area contributed by atoms with Crippen LogP contribution < -0.4 is 14.9 Å². The van der Waals surface area contributed by atoms with Crippen LogP contribution in [0.5, 0.6) is 0 Å². The van der Waals surface area contributed by atoms with E-state index in [0.717, 1.165) is 16.3 Å². The Morgan fingerprint density at radius 2 is 1.40 bits per heavy atom. The van der Waals surface area contributed by atoms with Gasteiger partial charge < -0.3 is 10.2 Å². The van der Waals surface area contributed by atoms with Crippen molar-refractivity contribution in [2.75, 3.05) is 11.9 Å². The van der Waals surface area contributed by atoms with Gasteiger partial charge in [-0.15, -0.1) is 0 Å². The van der Waals surface area contributed by atoms with Crippen LogP contribution in [-0.4, -0.2) is 33.4 Å². The molecule has 1 atom stereocenters. The maximum Gasteiger partial charge on any atom is 0.329 e. The summed E-state index contributed by atoms with van der Waals surface area (Å²) < 4.78 is 27.2. The third-order valence-corrected chi connectivity index (χ3v) is 6.97. The molecule has 0 spiro atoms. The number of fused-ring (bicyclic) bond motifs is 1. The Morgan fingerprint density at radius 1 is 0.800 bits per heavy atom. The fraction of sp³-hybridized carbons (Fsp3) is 0.111. The van der Waals surface area contributed by atoms with E-state index in [4.69, 9.17) is 0 Å². The number of nitrogens with one attached hydrogen (secondary N) is 2. The van der Waals surface area contributed by atoms with Crippen LogP contribution in [0.15, 0.2) is 108 Å². The number of amides is 3. The van der Waals surface area contributed by atoms with Crippen molar-refractivity contribution in [2.24, 2.45) is 0 Å². The summed E-state index contributed by atoms with van der Waals surface area (Å²) in [6.07, 6.45) is 0.188. The van der Waals surface area contributed by atoms with Gasteiger partial charge in [-0.2, -0.15) is 0 Å². The number of sulfonamides is 1. The molecule has 0 fully saturated rings. The Hall–Kier alpha value is -4.17. The summed E-state index contributed by atoms with van der Waals surface area (Å²) in [5.41, 5.74) is 1.51.